The summed E-state index contributed by atoms with van der Waals surface area (Å²) in [6.45, 7) is 3.81. The lowest BCUT2D eigenvalue weighted by atomic mass is 9.99. The van der Waals surface area contributed by atoms with Crippen LogP contribution < -0.4 is 5.32 Å². The number of aliphatic hydroxyl groups excluding tert-OH is 5. The molecule has 1 amide bonds. The first-order valence-corrected chi connectivity index (χ1v) is 30.1. The molecule has 6 N–H and O–H groups in total. The van der Waals surface area contributed by atoms with Gasteiger partial charge in [0, 0.05) is 6.42 Å². The molecular weight excluding hydrogens is 863 g/mol. The number of ether oxygens (including phenoxy) is 2. The lowest BCUT2D eigenvalue weighted by Gasteiger charge is -2.40. The summed E-state index contributed by atoms with van der Waals surface area (Å²) in [7, 11) is 0. The van der Waals surface area contributed by atoms with E-state index < -0.39 is 49.5 Å². The summed E-state index contributed by atoms with van der Waals surface area (Å²) in [5, 5.41) is 54.6. The van der Waals surface area contributed by atoms with Gasteiger partial charge in [-0.15, -0.1) is 0 Å². The average molecular weight is 979 g/mol. The van der Waals surface area contributed by atoms with E-state index in [1.165, 1.54) is 238 Å². The molecular formula is C60H115NO8. The molecule has 0 spiro atoms. The SMILES string of the molecule is CCCCCCCC/C=C\CCCCCCCCCCCC(=O)NC(COC1OC(CO)C(O)C(O)C1O)C(O)/C=C/CCCCCCCCCCCCCCCCCCCCCCCCCCC. The molecule has 1 aliphatic rings. The van der Waals surface area contributed by atoms with Gasteiger partial charge < -0.3 is 40.3 Å². The fourth-order valence-electron chi connectivity index (χ4n) is 9.74. The Morgan fingerprint density at radius 1 is 0.478 bits per heavy atom. The highest BCUT2D eigenvalue weighted by atomic mass is 16.7. The maximum Gasteiger partial charge on any atom is 0.220 e. The Morgan fingerprint density at radius 3 is 1.17 bits per heavy atom. The predicted molar refractivity (Wildman–Crippen MR) is 290 cm³/mol. The maximum atomic E-state index is 13.1. The zero-order valence-corrected chi connectivity index (χ0v) is 45.3. The molecule has 7 unspecified atom stereocenters. The van der Waals surface area contributed by atoms with E-state index in [0.29, 0.717) is 6.42 Å². The van der Waals surface area contributed by atoms with Crippen LogP contribution in [0, 0.1) is 0 Å². The third-order valence-electron chi connectivity index (χ3n) is 14.5. The highest BCUT2D eigenvalue weighted by molar-refractivity contribution is 5.76. The zero-order valence-electron chi connectivity index (χ0n) is 45.3. The van der Waals surface area contributed by atoms with Gasteiger partial charge in [0.15, 0.2) is 6.29 Å². The summed E-state index contributed by atoms with van der Waals surface area (Å²) < 4.78 is 11.3. The van der Waals surface area contributed by atoms with Gasteiger partial charge in [-0.3, -0.25) is 4.79 Å². The Bertz CT molecular complexity index is 1130. The average Bonchev–Trinajstić information content (AvgIpc) is 3.35. The Labute approximate surface area is 426 Å². The van der Waals surface area contributed by atoms with Gasteiger partial charge in [-0.2, -0.15) is 0 Å². The fourth-order valence-corrected chi connectivity index (χ4v) is 9.74. The number of hydrogen-bond donors (Lipinski definition) is 6. The van der Waals surface area contributed by atoms with Crippen molar-refractivity contribution in [1.82, 2.24) is 5.32 Å². The number of allylic oxidation sites excluding steroid dienone is 3. The van der Waals surface area contributed by atoms with Gasteiger partial charge >= 0.3 is 0 Å². The molecule has 0 aromatic rings. The minimum absolute atomic E-state index is 0.175. The van der Waals surface area contributed by atoms with Crippen molar-refractivity contribution in [2.24, 2.45) is 0 Å². The molecule has 1 saturated heterocycles. The van der Waals surface area contributed by atoms with Crippen LogP contribution in [0.25, 0.3) is 0 Å². The summed E-state index contributed by atoms with van der Waals surface area (Å²) in [4.78, 5) is 13.1. The number of nitrogens with one attached hydrogen (secondary N) is 1. The normalized spacial score (nSPS) is 19.6. The molecule has 69 heavy (non-hydrogen) atoms. The van der Waals surface area contributed by atoms with Gasteiger partial charge in [0.1, 0.15) is 24.4 Å². The van der Waals surface area contributed by atoms with Crippen molar-refractivity contribution in [2.45, 2.75) is 339 Å². The van der Waals surface area contributed by atoms with E-state index >= 15 is 0 Å². The number of unbranched alkanes of at least 4 members (excludes halogenated alkanes) is 40. The summed E-state index contributed by atoms with van der Waals surface area (Å²) in [6.07, 6.45) is 56.8. The third kappa shape index (κ3) is 39.8. The zero-order chi connectivity index (χ0) is 50.1. The Kier molecular flexibility index (Phi) is 47.8. The first-order valence-electron chi connectivity index (χ1n) is 30.1. The number of carbonyl (C=O) groups is 1. The van der Waals surface area contributed by atoms with Gasteiger partial charge in [-0.05, 0) is 44.9 Å². The smallest absolute Gasteiger partial charge is 0.220 e. The molecule has 0 saturated carbocycles. The van der Waals surface area contributed by atoms with Crippen LogP contribution in [0.3, 0.4) is 0 Å². The molecule has 1 heterocycles. The summed E-state index contributed by atoms with van der Waals surface area (Å²) in [6, 6.07) is -0.805. The van der Waals surface area contributed by atoms with Crippen molar-refractivity contribution in [3.05, 3.63) is 24.3 Å². The van der Waals surface area contributed by atoms with E-state index in [4.69, 9.17) is 9.47 Å². The number of amides is 1. The third-order valence-corrected chi connectivity index (χ3v) is 14.5. The minimum atomic E-state index is -1.57. The van der Waals surface area contributed by atoms with Crippen LogP contribution in [0.15, 0.2) is 24.3 Å². The minimum Gasteiger partial charge on any atom is -0.394 e. The lowest BCUT2D eigenvalue weighted by molar-refractivity contribution is -0.302. The lowest BCUT2D eigenvalue weighted by Crippen LogP contribution is -2.60. The number of aliphatic hydroxyl groups is 5. The van der Waals surface area contributed by atoms with E-state index in [0.717, 1.165) is 38.5 Å². The number of hydrogen-bond acceptors (Lipinski definition) is 8. The molecule has 9 heteroatoms. The predicted octanol–water partition coefficient (Wildman–Crippen LogP) is 15.0. The van der Waals surface area contributed by atoms with Crippen LogP contribution >= 0.6 is 0 Å². The molecule has 1 rings (SSSR count). The fraction of sp³-hybridized carbons (Fsp3) is 0.917. The quantitative estimate of drug-likeness (QED) is 0.0261. The molecule has 1 fully saturated rings. The van der Waals surface area contributed by atoms with Gasteiger partial charge in [-0.25, -0.2) is 0 Å². The van der Waals surface area contributed by atoms with Crippen LogP contribution in [0.1, 0.15) is 296 Å². The van der Waals surface area contributed by atoms with Crippen molar-refractivity contribution >= 4 is 5.91 Å². The van der Waals surface area contributed by atoms with Crippen LogP contribution in [0.2, 0.25) is 0 Å². The van der Waals surface area contributed by atoms with E-state index in [1.807, 2.05) is 6.08 Å². The van der Waals surface area contributed by atoms with Crippen molar-refractivity contribution in [3.8, 4) is 0 Å². The van der Waals surface area contributed by atoms with E-state index in [9.17, 15) is 30.3 Å². The number of rotatable bonds is 52. The molecule has 7 atom stereocenters. The van der Waals surface area contributed by atoms with Crippen LogP contribution in [-0.4, -0.2) is 87.5 Å². The van der Waals surface area contributed by atoms with Crippen LogP contribution in [0.5, 0.6) is 0 Å². The summed E-state index contributed by atoms with van der Waals surface area (Å²) in [5.74, 6) is -0.175. The first-order chi connectivity index (χ1) is 33.8. The second kappa shape index (κ2) is 50.2. The Balaban J connectivity index is 2.20. The van der Waals surface area contributed by atoms with E-state index in [2.05, 4.69) is 31.3 Å². The van der Waals surface area contributed by atoms with E-state index in [1.54, 1.807) is 6.08 Å². The summed E-state index contributed by atoms with van der Waals surface area (Å²) in [5.41, 5.74) is 0. The maximum absolute atomic E-state index is 13.1. The molecule has 0 aliphatic carbocycles. The summed E-state index contributed by atoms with van der Waals surface area (Å²) >= 11 is 0. The molecule has 0 bridgehead atoms. The first kappa shape index (κ1) is 65.7. The largest absolute Gasteiger partial charge is 0.394 e. The Morgan fingerprint density at radius 2 is 0.812 bits per heavy atom. The molecule has 0 aromatic carbocycles. The van der Waals surface area contributed by atoms with Crippen LogP contribution in [0.4, 0.5) is 0 Å². The second-order valence-corrected chi connectivity index (χ2v) is 21.1. The van der Waals surface area contributed by atoms with Crippen LogP contribution in [-0.2, 0) is 14.3 Å². The van der Waals surface area contributed by atoms with Crippen molar-refractivity contribution < 1.29 is 39.8 Å². The number of carbonyl (C=O) groups excluding carboxylic acids is 1. The van der Waals surface area contributed by atoms with E-state index in [-0.39, 0.29) is 12.5 Å². The molecule has 9 nitrogen and oxygen atoms in total. The highest BCUT2D eigenvalue weighted by Crippen LogP contribution is 2.23. The topological polar surface area (TPSA) is 149 Å². The Hall–Kier alpha value is -1.33. The van der Waals surface area contributed by atoms with Gasteiger partial charge in [0.2, 0.25) is 5.91 Å². The standard InChI is InChI=1S/C60H115NO8/c1-3-5-7-9-11-13-15-17-19-21-23-24-25-26-27-28-29-30-32-33-35-37-39-41-43-45-47-49-54(63)53(52-68-60-59(67)58(66)57(65)55(51-62)69-60)61-56(64)50-48-46-44-42-40-38-36-34-31-22-20-18-16-14-12-10-8-6-4-2/h18,20,47,49,53-55,57-60,62-63,65-67H,3-17,19,21-46,48,50-52H2,1-2H3,(H,61,64)/b20-18-,49-47+. The molecule has 0 radical (unpaired) electrons. The molecule has 1 aliphatic heterocycles. The van der Waals surface area contributed by atoms with Gasteiger partial charge in [0.25, 0.3) is 0 Å². The molecule has 408 valence electrons. The highest BCUT2D eigenvalue weighted by Gasteiger charge is 2.44. The van der Waals surface area contributed by atoms with Crippen molar-refractivity contribution in [2.75, 3.05) is 13.2 Å². The molecule has 0 aromatic heterocycles. The van der Waals surface area contributed by atoms with Crippen molar-refractivity contribution in [1.29, 1.82) is 0 Å². The second-order valence-electron chi connectivity index (χ2n) is 21.1. The van der Waals surface area contributed by atoms with Gasteiger partial charge in [-0.1, -0.05) is 269 Å². The monoisotopic (exact) mass is 978 g/mol. The van der Waals surface area contributed by atoms with Crippen molar-refractivity contribution in [3.63, 3.8) is 0 Å². The van der Waals surface area contributed by atoms with Gasteiger partial charge in [0.05, 0.1) is 25.4 Å².